The zero-order valence-electron chi connectivity index (χ0n) is 12.2. The molecular weight excluding hydrogens is 236 g/mol. The van der Waals surface area contributed by atoms with Crippen LogP contribution in [0.5, 0.6) is 0 Å². The maximum absolute atomic E-state index is 5.96. The van der Waals surface area contributed by atoms with E-state index in [2.05, 4.69) is 28.7 Å². The highest BCUT2D eigenvalue weighted by Crippen LogP contribution is 2.22. The van der Waals surface area contributed by atoms with Crippen molar-refractivity contribution in [1.82, 2.24) is 9.97 Å². The number of nitrogens with zero attached hydrogens (tertiary/aromatic N) is 3. The van der Waals surface area contributed by atoms with E-state index in [1.807, 2.05) is 12.4 Å². The predicted octanol–water partition coefficient (Wildman–Crippen LogP) is 2.38. The third kappa shape index (κ3) is 3.90. The number of piperidine rings is 1. The molecule has 0 spiro atoms. The van der Waals surface area contributed by atoms with Gasteiger partial charge in [0.25, 0.3) is 0 Å². The topological polar surface area (TPSA) is 55.0 Å². The molecule has 1 fully saturated rings. The van der Waals surface area contributed by atoms with Gasteiger partial charge < -0.3 is 10.6 Å². The van der Waals surface area contributed by atoms with Crippen LogP contribution in [0.3, 0.4) is 0 Å². The Labute approximate surface area is 116 Å². The largest absolute Gasteiger partial charge is 0.341 e. The first-order chi connectivity index (χ1) is 9.22. The summed E-state index contributed by atoms with van der Waals surface area (Å²) in [6.45, 7) is 6.57. The predicted molar refractivity (Wildman–Crippen MR) is 79.2 cm³/mol. The fourth-order valence-electron chi connectivity index (χ4n) is 2.64. The summed E-state index contributed by atoms with van der Waals surface area (Å²) < 4.78 is 0. The maximum atomic E-state index is 5.96. The molecule has 1 aliphatic heterocycles. The average molecular weight is 262 g/mol. The third-order valence-corrected chi connectivity index (χ3v) is 4.09. The fraction of sp³-hybridized carbons (Fsp3) is 0.733. The van der Waals surface area contributed by atoms with E-state index >= 15 is 0 Å². The number of nitrogens with two attached hydrogens (primary N) is 1. The first-order valence-electron chi connectivity index (χ1n) is 7.54. The molecule has 106 valence electrons. The summed E-state index contributed by atoms with van der Waals surface area (Å²) in [6, 6.07) is 0.217. The van der Waals surface area contributed by atoms with E-state index in [0.29, 0.717) is 0 Å². The van der Waals surface area contributed by atoms with Crippen molar-refractivity contribution < 1.29 is 0 Å². The van der Waals surface area contributed by atoms with Gasteiger partial charge in [-0.2, -0.15) is 0 Å². The summed E-state index contributed by atoms with van der Waals surface area (Å²) in [7, 11) is 0. The number of aromatic nitrogens is 2. The van der Waals surface area contributed by atoms with E-state index in [1.165, 1.54) is 19.3 Å². The Hall–Kier alpha value is -1.16. The number of hydrogen-bond acceptors (Lipinski definition) is 4. The van der Waals surface area contributed by atoms with Crippen LogP contribution >= 0.6 is 0 Å². The highest BCUT2D eigenvalue weighted by atomic mass is 15.2. The molecule has 0 amide bonds. The second kappa shape index (κ2) is 6.85. The van der Waals surface area contributed by atoms with Crippen LogP contribution in [0.2, 0.25) is 0 Å². The van der Waals surface area contributed by atoms with Crippen LogP contribution in [0, 0.1) is 5.92 Å². The molecule has 2 atom stereocenters. The van der Waals surface area contributed by atoms with Crippen molar-refractivity contribution in [2.45, 2.75) is 52.0 Å². The fourth-order valence-corrected chi connectivity index (χ4v) is 2.64. The lowest BCUT2D eigenvalue weighted by atomic mass is 9.96. The van der Waals surface area contributed by atoms with Gasteiger partial charge in [-0.3, -0.25) is 0 Å². The molecule has 19 heavy (non-hydrogen) atoms. The highest BCUT2D eigenvalue weighted by molar-refractivity contribution is 5.30. The van der Waals surface area contributed by atoms with Crippen molar-refractivity contribution in [2.24, 2.45) is 11.7 Å². The molecule has 0 bridgehead atoms. The Morgan fingerprint density at radius 2 is 2.11 bits per heavy atom. The summed E-state index contributed by atoms with van der Waals surface area (Å²) >= 11 is 0. The van der Waals surface area contributed by atoms with E-state index in [1.54, 1.807) is 0 Å². The Morgan fingerprint density at radius 3 is 2.74 bits per heavy atom. The third-order valence-electron chi connectivity index (χ3n) is 4.09. The number of hydrogen-bond donors (Lipinski definition) is 1. The first kappa shape index (κ1) is 14.3. The Kier molecular flexibility index (Phi) is 5.14. The van der Waals surface area contributed by atoms with Gasteiger partial charge in [0.2, 0.25) is 5.95 Å². The van der Waals surface area contributed by atoms with Gasteiger partial charge in [0.05, 0.1) is 0 Å². The van der Waals surface area contributed by atoms with E-state index < -0.39 is 0 Å². The minimum atomic E-state index is 0.217. The van der Waals surface area contributed by atoms with E-state index in [-0.39, 0.29) is 6.04 Å². The molecule has 4 heteroatoms. The van der Waals surface area contributed by atoms with Gasteiger partial charge in [0.15, 0.2) is 0 Å². The standard InChI is InChI=1S/C15H26N4/c1-3-12-6-5-7-19(11-12)15-17-9-13(10-18-15)8-14(16)4-2/h9-10,12,14H,3-8,11,16H2,1-2H3. The molecule has 0 saturated carbocycles. The lowest BCUT2D eigenvalue weighted by Gasteiger charge is -2.32. The molecule has 1 saturated heterocycles. The SMILES string of the molecule is CCC(N)Cc1cnc(N2CCCC(CC)C2)nc1. The summed E-state index contributed by atoms with van der Waals surface area (Å²) in [4.78, 5) is 11.4. The molecule has 1 aliphatic rings. The molecule has 2 N–H and O–H groups in total. The van der Waals surface area contributed by atoms with Crippen molar-refractivity contribution in [3.8, 4) is 0 Å². The molecule has 2 unspecified atom stereocenters. The van der Waals surface area contributed by atoms with Gasteiger partial charge in [0, 0.05) is 31.5 Å². The molecule has 0 aliphatic carbocycles. The number of anilines is 1. The average Bonchev–Trinajstić information content (AvgIpc) is 2.48. The van der Waals surface area contributed by atoms with Gasteiger partial charge >= 0.3 is 0 Å². The van der Waals surface area contributed by atoms with Gasteiger partial charge in [-0.15, -0.1) is 0 Å². The quantitative estimate of drug-likeness (QED) is 0.885. The summed E-state index contributed by atoms with van der Waals surface area (Å²) in [5, 5.41) is 0. The van der Waals surface area contributed by atoms with Crippen LogP contribution in [0.25, 0.3) is 0 Å². The van der Waals surface area contributed by atoms with Crippen molar-refractivity contribution in [3.05, 3.63) is 18.0 Å². The lowest BCUT2D eigenvalue weighted by molar-refractivity contribution is 0.401. The minimum Gasteiger partial charge on any atom is -0.341 e. The van der Waals surface area contributed by atoms with Gasteiger partial charge in [0.1, 0.15) is 0 Å². The molecule has 1 aromatic heterocycles. The molecule has 2 rings (SSSR count). The maximum Gasteiger partial charge on any atom is 0.225 e. The van der Waals surface area contributed by atoms with Crippen LogP contribution in [-0.2, 0) is 6.42 Å². The first-order valence-corrected chi connectivity index (χ1v) is 7.54. The van der Waals surface area contributed by atoms with Crippen LogP contribution in [0.4, 0.5) is 5.95 Å². The second-order valence-corrected chi connectivity index (χ2v) is 5.63. The van der Waals surface area contributed by atoms with Crippen molar-refractivity contribution in [1.29, 1.82) is 0 Å². The van der Waals surface area contributed by atoms with E-state index in [0.717, 1.165) is 43.4 Å². The van der Waals surface area contributed by atoms with E-state index in [9.17, 15) is 0 Å². The van der Waals surface area contributed by atoms with Gasteiger partial charge in [-0.05, 0) is 37.2 Å². The Morgan fingerprint density at radius 1 is 1.37 bits per heavy atom. The smallest absolute Gasteiger partial charge is 0.225 e. The van der Waals surface area contributed by atoms with Crippen LogP contribution in [0.15, 0.2) is 12.4 Å². The summed E-state index contributed by atoms with van der Waals surface area (Å²) in [5.74, 6) is 1.68. The van der Waals surface area contributed by atoms with Crippen molar-refractivity contribution in [2.75, 3.05) is 18.0 Å². The summed E-state index contributed by atoms with van der Waals surface area (Å²) in [5.41, 5.74) is 7.10. The normalized spacial score (nSPS) is 21.4. The Bertz CT molecular complexity index is 376. The zero-order chi connectivity index (χ0) is 13.7. The monoisotopic (exact) mass is 262 g/mol. The van der Waals surface area contributed by atoms with Crippen LogP contribution in [0.1, 0.15) is 45.1 Å². The second-order valence-electron chi connectivity index (χ2n) is 5.63. The zero-order valence-corrected chi connectivity index (χ0v) is 12.2. The van der Waals surface area contributed by atoms with Crippen LogP contribution in [-0.4, -0.2) is 29.1 Å². The molecule has 1 aromatic rings. The molecule has 2 heterocycles. The Balaban J connectivity index is 1.97. The van der Waals surface area contributed by atoms with Crippen molar-refractivity contribution >= 4 is 5.95 Å². The minimum absolute atomic E-state index is 0.217. The lowest BCUT2D eigenvalue weighted by Crippen LogP contribution is -2.36. The van der Waals surface area contributed by atoms with Crippen molar-refractivity contribution in [3.63, 3.8) is 0 Å². The van der Waals surface area contributed by atoms with Crippen LogP contribution < -0.4 is 10.6 Å². The molecule has 4 nitrogen and oxygen atoms in total. The van der Waals surface area contributed by atoms with E-state index in [4.69, 9.17) is 5.73 Å². The molecule has 0 aromatic carbocycles. The highest BCUT2D eigenvalue weighted by Gasteiger charge is 2.20. The number of rotatable bonds is 5. The summed E-state index contributed by atoms with van der Waals surface area (Å²) in [6.07, 6.45) is 9.59. The van der Waals surface area contributed by atoms with Gasteiger partial charge in [-0.25, -0.2) is 9.97 Å². The van der Waals surface area contributed by atoms with Gasteiger partial charge in [-0.1, -0.05) is 20.3 Å². The molecular formula is C15H26N4. The molecule has 0 radical (unpaired) electrons.